The molecule has 2 nitrogen and oxygen atoms in total. The van der Waals surface area contributed by atoms with Gasteiger partial charge < -0.3 is 5.32 Å². The Balaban J connectivity index is 3.10. The summed E-state index contributed by atoms with van der Waals surface area (Å²) in [4.78, 5) is 11.2. The van der Waals surface area contributed by atoms with Crippen molar-refractivity contribution in [1.29, 1.82) is 0 Å². The molecular formula is C18H35NO. The van der Waals surface area contributed by atoms with E-state index in [1.807, 2.05) is 0 Å². The molecular weight excluding hydrogens is 246 g/mol. The molecule has 0 aromatic carbocycles. The summed E-state index contributed by atoms with van der Waals surface area (Å²) >= 11 is 0. The van der Waals surface area contributed by atoms with Crippen LogP contribution in [0.2, 0.25) is 0 Å². The highest BCUT2D eigenvalue weighted by molar-refractivity contribution is 5.91. The summed E-state index contributed by atoms with van der Waals surface area (Å²) in [6.07, 6.45) is 13.3. The molecule has 0 aliphatic rings. The quantitative estimate of drug-likeness (QED) is 0.363. The SMILES string of the molecule is C=C(C)C(=O)NCCCCCCCCCCCC(C)C. The summed E-state index contributed by atoms with van der Waals surface area (Å²) in [5, 5.41) is 2.88. The molecule has 0 unspecified atom stereocenters. The van der Waals surface area contributed by atoms with E-state index in [2.05, 4.69) is 25.7 Å². The number of nitrogens with one attached hydrogen (secondary N) is 1. The summed E-state index contributed by atoms with van der Waals surface area (Å²) in [6.45, 7) is 10.8. The molecule has 0 aromatic heterocycles. The molecule has 0 heterocycles. The van der Waals surface area contributed by atoms with Gasteiger partial charge in [0.2, 0.25) is 5.91 Å². The number of carbonyl (C=O) groups is 1. The van der Waals surface area contributed by atoms with Gasteiger partial charge in [0, 0.05) is 12.1 Å². The van der Waals surface area contributed by atoms with E-state index in [1.165, 1.54) is 57.8 Å². The van der Waals surface area contributed by atoms with Crippen LogP contribution >= 0.6 is 0 Å². The maximum Gasteiger partial charge on any atom is 0.246 e. The van der Waals surface area contributed by atoms with Crippen molar-refractivity contribution in [2.24, 2.45) is 5.92 Å². The lowest BCUT2D eigenvalue weighted by molar-refractivity contribution is -0.117. The summed E-state index contributed by atoms with van der Waals surface area (Å²) in [6, 6.07) is 0. The van der Waals surface area contributed by atoms with Crippen molar-refractivity contribution >= 4 is 5.91 Å². The standard InChI is InChI=1S/C18H35NO/c1-16(2)14-12-10-8-6-5-7-9-11-13-15-19-18(20)17(3)4/h16H,3,5-15H2,1-2,4H3,(H,19,20). The zero-order valence-electron chi connectivity index (χ0n) is 14.0. The van der Waals surface area contributed by atoms with Gasteiger partial charge in [-0.3, -0.25) is 4.79 Å². The van der Waals surface area contributed by atoms with Gasteiger partial charge in [-0.25, -0.2) is 0 Å². The average Bonchev–Trinajstić information content (AvgIpc) is 2.39. The fourth-order valence-electron chi connectivity index (χ4n) is 2.27. The number of hydrogen-bond acceptors (Lipinski definition) is 1. The highest BCUT2D eigenvalue weighted by atomic mass is 16.1. The van der Waals surface area contributed by atoms with Crippen molar-refractivity contribution in [3.05, 3.63) is 12.2 Å². The molecule has 0 atom stereocenters. The zero-order chi connectivity index (χ0) is 15.2. The van der Waals surface area contributed by atoms with Crippen molar-refractivity contribution in [3.63, 3.8) is 0 Å². The Kier molecular flexibility index (Phi) is 12.7. The molecule has 0 saturated heterocycles. The van der Waals surface area contributed by atoms with Crippen molar-refractivity contribution in [2.75, 3.05) is 6.54 Å². The monoisotopic (exact) mass is 281 g/mol. The van der Waals surface area contributed by atoms with Crippen LogP contribution in [0, 0.1) is 5.92 Å². The van der Waals surface area contributed by atoms with Crippen molar-refractivity contribution < 1.29 is 4.79 Å². The Morgan fingerprint density at radius 1 is 0.900 bits per heavy atom. The number of hydrogen-bond donors (Lipinski definition) is 1. The first-order chi connectivity index (χ1) is 9.54. The lowest BCUT2D eigenvalue weighted by atomic mass is 10.0. The second kappa shape index (κ2) is 13.2. The first-order valence-electron chi connectivity index (χ1n) is 8.47. The maximum absolute atomic E-state index is 11.2. The Bertz CT molecular complexity index is 258. The number of amides is 1. The van der Waals surface area contributed by atoms with Gasteiger partial charge in [-0.05, 0) is 19.3 Å². The van der Waals surface area contributed by atoms with Gasteiger partial charge >= 0.3 is 0 Å². The van der Waals surface area contributed by atoms with Gasteiger partial charge in [0.25, 0.3) is 0 Å². The van der Waals surface area contributed by atoms with Crippen LogP contribution in [-0.4, -0.2) is 12.5 Å². The third-order valence-corrected chi connectivity index (χ3v) is 3.63. The first-order valence-corrected chi connectivity index (χ1v) is 8.47. The lowest BCUT2D eigenvalue weighted by Gasteiger charge is -2.05. The topological polar surface area (TPSA) is 29.1 Å². The Labute approximate surface area is 126 Å². The Morgan fingerprint density at radius 2 is 1.35 bits per heavy atom. The summed E-state index contributed by atoms with van der Waals surface area (Å²) in [5.41, 5.74) is 0.600. The molecule has 0 spiro atoms. The molecule has 0 radical (unpaired) electrons. The van der Waals surface area contributed by atoms with Gasteiger partial charge in [0.1, 0.15) is 0 Å². The van der Waals surface area contributed by atoms with Crippen LogP contribution in [0.15, 0.2) is 12.2 Å². The van der Waals surface area contributed by atoms with E-state index in [1.54, 1.807) is 6.92 Å². The molecule has 118 valence electrons. The van der Waals surface area contributed by atoms with Gasteiger partial charge in [0.15, 0.2) is 0 Å². The van der Waals surface area contributed by atoms with E-state index in [0.29, 0.717) is 5.57 Å². The van der Waals surface area contributed by atoms with Crippen LogP contribution in [0.5, 0.6) is 0 Å². The van der Waals surface area contributed by atoms with Crippen LogP contribution in [0.1, 0.15) is 85.0 Å². The van der Waals surface area contributed by atoms with Gasteiger partial charge in [0.05, 0.1) is 0 Å². The van der Waals surface area contributed by atoms with Crippen LogP contribution in [-0.2, 0) is 4.79 Å². The van der Waals surface area contributed by atoms with E-state index in [0.717, 1.165) is 18.9 Å². The molecule has 0 aliphatic carbocycles. The van der Waals surface area contributed by atoms with E-state index in [-0.39, 0.29) is 5.91 Å². The highest BCUT2D eigenvalue weighted by Gasteiger charge is 1.99. The molecule has 0 aliphatic heterocycles. The maximum atomic E-state index is 11.2. The number of carbonyl (C=O) groups excluding carboxylic acids is 1. The molecule has 20 heavy (non-hydrogen) atoms. The van der Waals surface area contributed by atoms with Gasteiger partial charge in [-0.1, -0.05) is 78.2 Å². The molecule has 1 N–H and O–H groups in total. The number of rotatable bonds is 13. The third kappa shape index (κ3) is 13.6. The summed E-state index contributed by atoms with van der Waals surface area (Å²) < 4.78 is 0. The Hall–Kier alpha value is -0.790. The molecule has 2 heteroatoms. The lowest BCUT2D eigenvalue weighted by Crippen LogP contribution is -2.24. The van der Waals surface area contributed by atoms with Crippen LogP contribution < -0.4 is 5.32 Å². The average molecular weight is 281 g/mol. The van der Waals surface area contributed by atoms with Crippen molar-refractivity contribution in [2.45, 2.75) is 85.0 Å². The van der Waals surface area contributed by atoms with E-state index >= 15 is 0 Å². The molecule has 1 amide bonds. The molecule has 0 saturated carbocycles. The number of unbranched alkanes of at least 4 members (excludes halogenated alkanes) is 8. The second-order valence-electron chi connectivity index (χ2n) is 6.40. The molecule has 0 aromatic rings. The van der Waals surface area contributed by atoms with Crippen LogP contribution in [0.25, 0.3) is 0 Å². The predicted molar refractivity (Wildman–Crippen MR) is 88.8 cm³/mol. The van der Waals surface area contributed by atoms with Gasteiger partial charge in [-0.15, -0.1) is 0 Å². The molecule has 0 rings (SSSR count). The fourth-order valence-corrected chi connectivity index (χ4v) is 2.27. The minimum atomic E-state index is -0.00797. The highest BCUT2D eigenvalue weighted by Crippen LogP contribution is 2.12. The fraction of sp³-hybridized carbons (Fsp3) is 0.833. The smallest absolute Gasteiger partial charge is 0.246 e. The van der Waals surface area contributed by atoms with Crippen LogP contribution in [0.3, 0.4) is 0 Å². The van der Waals surface area contributed by atoms with Crippen molar-refractivity contribution in [3.8, 4) is 0 Å². The Morgan fingerprint density at radius 3 is 1.80 bits per heavy atom. The molecule has 0 fully saturated rings. The summed E-state index contributed by atoms with van der Waals surface area (Å²) in [5.74, 6) is 0.853. The van der Waals surface area contributed by atoms with Crippen molar-refractivity contribution in [1.82, 2.24) is 5.32 Å². The first kappa shape index (κ1) is 19.2. The zero-order valence-corrected chi connectivity index (χ0v) is 14.0. The molecule has 0 bridgehead atoms. The van der Waals surface area contributed by atoms with Gasteiger partial charge in [-0.2, -0.15) is 0 Å². The normalized spacial score (nSPS) is 10.8. The minimum Gasteiger partial charge on any atom is -0.352 e. The van der Waals surface area contributed by atoms with Crippen LogP contribution in [0.4, 0.5) is 0 Å². The van der Waals surface area contributed by atoms with E-state index in [9.17, 15) is 4.79 Å². The third-order valence-electron chi connectivity index (χ3n) is 3.63. The minimum absolute atomic E-state index is 0.00797. The largest absolute Gasteiger partial charge is 0.352 e. The van der Waals surface area contributed by atoms with E-state index in [4.69, 9.17) is 0 Å². The summed E-state index contributed by atoms with van der Waals surface area (Å²) in [7, 11) is 0. The second-order valence-corrected chi connectivity index (χ2v) is 6.40. The van der Waals surface area contributed by atoms with E-state index < -0.39 is 0 Å². The predicted octanol–water partition coefficient (Wildman–Crippen LogP) is 5.24.